The van der Waals surface area contributed by atoms with Gasteiger partial charge in [0, 0.05) is 36.2 Å². The van der Waals surface area contributed by atoms with E-state index in [1.54, 1.807) is 37.6 Å². The van der Waals surface area contributed by atoms with Gasteiger partial charge in [-0.3, -0.25) is 4.79 Å². The highest BCUT2D eigenvalue weighted by Gasteiger charge is 2.32. The van der Waals surface area contributed by atoms with Crippen molar-refractivity contribution in [3.8, 4) is 5.69 Å². The summed E-state index contributed by atoms with van der Waals surface area (Å²) in [6.45, 7) is 5.21. The third kappa shape index (κ3) is 4.79. The van der Waals surface area contributed by atoms with E-state index in [1.807, 2.05) is 6.07 Å². The van der Waals surface area contributed by atoms with Crippen LogP contribution in [0.1, 0.15) is 45.6 Å². The lowest BCUT2D eigenvalue weighted by atomic mass is 9.89. The molecule has 1 atom stereocenters. The molecule has 10 heteroatoms. The van der Waals surface area contributed by atoms with Gasteiger partial charge < -0.3 is 14.8 Å². The molecular formula is C26H23F3N6O. The van der Waals surface area contributed by atoms with E-state index in [4.69, 9.17) is 0 Å². The van der Waals surface area contributed by atoms with Gasteiger partial charge in [-0.15, -0.1) is 0 Å². The van der Waals surface area contributed by atoms with Crippen molar-refractivity contribution in [1.29, 1.82) is 0 Å². The number of carbonyl (C=O) groups excluding carboxylic acids is 1. The minimum atomic E-state index is -4.57. The topological polar surface area (TPSA) is 75.9 Å². The number of anilines is 2. The van der Waals surface area contributed by atoms with Gasteiger partial charge in [-0.25, -0.2) is 15.0 Å². The number of alkyl halides is 3. The Hall–Kier alpha value is -4.21. The average molecular weight is 493 g/mol. The van der Waals surface area contributed by atoms with E-state index in [2.05, 4.69) is 32.1 Å². The van der Waals surface area contributed by atoms with Gasteiger partial charge in [-0.2, -0.15) is 13.2 Å². The fraction of sp³-hybridized carbons (Fsp3) is 0.231. The second-order valence-electron chi connectivity index (χ2n) is 8.93. The third-order valence-electron chi connectivity index (χ3n) is 6.22. The first kappa shape index (κ1) is 23.5. The van der Waals surface area contributed by atoms with Crippen LogP contribution in [0.5, 0.6) is 0 Å². The summed E-state index contributed by atoms with van der Waals surface area (Å²) in [6.07, 6.45) is 3.44. The molecule has 0 aliphatic carbocycles. The molecule has 0 unspecified atom stereocenters. The monoisotopic (exact) mass is 492 g/mol. The van der Waals surface area contributed by atoms with E-state index in [-0.39, 0.29) is 17.3 Å². The summed E-state index contributed by atoms with van der Waals surface area (Å²) >= 11 is 0. The molecule has 2 aromatic carbocycles. The molecule has 0 saturated carbocycles. The highest BCUT2D eigenvalue weighted by atomic mass is 19.4. The Morgan fingerprint density at radius 1 is 1.08 bits per heavy atom. The van der Waals surface area contributed by atoms with Gasteiger partial charge in [0.1, 0.15) is 6.33 Å². The fourth-order valence-electron chi connectivity index (χ4n) is 4.48. The second kappa shape index (κ2) is 9.10. The van der Waals surface area contributed by atoms with Crippen molar-refractivity contribution in [2.75, 3.05) is 16.8 Å². The van der Waals surface area contributed by atoms with E-state index in [1.165, 1.54) is 23.3 Å². The molecule has 7 nitrogen and oxygen atoms in total. The van der Waals surface area contributed by atoms with Crippen molar-refractivity contribution in [3.63, 3.8) is 0 Å². The molecule has 0 radical (unpaired) electrons. The Morgan fingerprint density at radius 2 is 1.86 bits per heavy atom. The summed E-state index contributed by atoms with van der Waals surface area (Å²) in [5, 5.41) is 2.64. The van der Waals surface area contributed by atoms with Crippen molar-refractivity contribution in [2.24, 2.45) is 0 Å². The largest absolute Gasteiger partial charge is 0.416 e. The average Bonchev–Trinajstić information content (AvgIpc) is 3.30. The molecule has 184 valence electrons. The normalized spacial score (nSPS) is 15.5. The number of halogens is 3. The number of imidazole rings is 1. The third-order valence-corrected chi connectivity index (χ3v) is 6.22. The molecule has 0 saturated heterocycles. The molecule has 4 aromatic rings. The van der Waals surface area contributed by atoms with Gasteiger partial charge >= 0.3 is 6.18 Å². The number of fused-ring (bicyclic) bond motifs is 1. The standard InChI is InChI=1S/C26H23F3N6O/c1-16-11-34(23-9-30-14-31-10-23)13-19-5-18(3-4-24(16)19)25(36)33-21-6-20(26(27,28)29)7-22(8-21)35-12-17(2)32-15-35/h3-10,12,14-16H,11,13H2,1-2H3,(H,33,36)/t16-/m0/s1. The lowest BCUT2D eigenvalue weighted by Crippen LogP contribution is -2.33. The number of amides is 1. The number of carbonyl (C=O) groups is 1. The maximum atomic E-state index is 13.6. The summed E-state index contributed by atoms with van der Waals surface area (Å²) in [7, 11) is 0. The first-order chi connectivity index (χ1) is 17.2. The predicted molar refractivity (Wildman–Crippen MR) is 129 cm³/mol. The summed E-state index contributed by atoms with van der Waals surface area (Å²) in [4.78, 5) is 27.5. The first-order valence-corrected chi connectivity index (χ1v) is 11.3. The molecule has 5 rings (SSSR count). The number of hydrogen-bond acceptors (Lipinski definition) is 5. The molecule has 2 aromatic heterocycles. The van der Waals surface area contributed by atoms with E-state index < -0.39 is 17.6 Å². The van der Waals surface area contributed by atoms with Crippen LogP contribution >= 0.6 is 0 Å². The number of aromatic nitrogens is 4. The molecule has 36 heavy (non-hydrogen) atoms. The van der Waals surface area contributed by atoms with Crippen LogP contribution in [-0.2, 0) is 12.7 Å². The Morgan fingerprint density at radius 3 is 2.56 bits per heavy atom. The zero-order valence-corrected chi connectivity index (χ0v) is 19.6. The molecule has 0 bridgehead atoms. The summed E-state index contributed by atoms with van der Waals surface area (Å²) in [5.41, 5.74) is 3.46. The molecule has 1 aliphatic heterocycles. The highest BCUT2D eigenvalue weighted by Crippen LogP contribution is 2.34. The van der Waals surface area contributed by atoms with E-state index in [9.17, 15) is 18.0 Å². The summed E-state index contributed by atoms with van der Waals surface area (Å²) < 4.78 is 42.2. The summed E-state index contributed by atoms with van der Waals surface area (Å²) in [6, 6.07) is 8.87. The zero-order chi connectivity index (χ0) is 25.4. The predicted octanol–water partition coefficient (Wildman–Crippen LogP) is 5.37. The van der Waals surface area contributed by atoms with E-state index >= 15 is 0 Å². The van der Waals surface area contributed by atoms with E-state index in [0.29, 0.717) is 17.8 Å². The molecular weight excluding hydrogens is 469 g/mol. The van der Waals surface area contributed by atoms with Crippen molar-refractivity contribution < 1.29 is 18.0 Å². The quantitative estimate of drug-likeness (QED) is 0.415. The van der Waals surface area contributed by atoms with Crippen LogP contribution in [0.3, 0.4) is 0 Å². The first-order valence-electron chi connectivity index (χ1n) is 11.3. The molecule has 1 aliphatic rings. The van der Waals surface area contributed by atoms with Gasteiger partial charge in [0.05, 0.1) is 35.7 Å². The van der Waals surface area contributed by atoms with Gasteiger partial charge in [0.15, 0.2) is 0 Å². The Labute approximate surface area is 205 Å². The number of benzene rings is 2. The van der Waals surface area contributed by atoms with Crippen molar-refractivity contribution in [2.45, 2.75) is 32.5 Å². The van der Waals surface area contributed by atoms with Gasteiger partial charge in [-0.1, -0.05) is 13.0 Å². The van der Waals surface area contributed by atoms with Crippen LogP contribution in [0.25, 0.3) is 5.69 Å². The maximum absolute atomic E-state index is 13.6. The highest BCUT2D eigenvalue weighted by molar-refractivity contribution is 6.04. The van der Waals surface area contributed by atoms with Gasteiger partial charge in [-0.05, 0) is 54.3 Å². The lowest BCUT2D eigenvalue weighted by molar-refractivity contribution is -0.137. The maximum Gasteiger partial charge on any atom is 0.416 e. The Kier molecular flexibility index (Phi) is 5.95. The van der Waals surface area contributed by atoms with Crippen LogP contribution in [-0.4, -0.2) is 32.0 Å². The van der Waals surface area contributed by atoms with Gasteiger partial charge in [0.25, 0.3) is 5.91 Å². The molecule has 0 fully saturated rings. The van der Waals surface area contributed by atoms with Crippen molar-refractivity contribution in [1.82, 2.24) is 19.5 Å². The zero-order valence-electron chi connectivity index (χ0n) is 19.6. The number of aryl methyl sites for hydroxylation is 1. The Bertz CT molecular complexity index is 1420. The molecule has 0 spiro atoms. The molecule has 1 N–H and O–H groups in total. The Balaban J connectivity index is 1.43. The number of nitrogens with one attached hydrogen (secondary N) is 1. The smallest absolute Gasteiger partial charge is 0.364 e. The van der Waals surface area contributed by atoms with Crippen LogP contribution in [0, 0.1) is 6.92 Å². The molecule has 1 amide bonds. The lowest BCUT2D eigenvalue weighted by Gasteiger charge is -2.34. The fourth-order valence-corrected chi connectivity index (χ4v) is 4.48. The van der Waals surface area contributed by atoms with Crippen molar-refractivity contribution in [3.05, 3.63) is 95.6 Å². The van der Waals surface area contributed by atoms with Crippen LogP contribution in [0.15, 0.2) is 67.6 Å². The van der Waals surface area contributed by atoms with Crippen LogP contribution < -0.4 is 10.2 Å². The SMILES string of the molecule is Cc1cn(-c2cc(NC(=O)c3ccc4c(c3)CN(c3cncnc3)C[C@@H]4C)cc(C(F)(F)F)c2)cn1. The minimum Gasteiger partial charge on any atom is -0.364 e. The van der Waals surface area contributed by atoms with Gasteiger partial charge in [0.2, 0.25) is 0 Å². The second-order valence-corrected chi connectivity index (χ2v) is 8.93. The van der Waals surface area contributed by atoms with Crippen LogP contribution in [0.2, 0.25) is 0 Å². The number of nitrogens with zero attached hydrogens (tertiary/aromatic N) is 5. The van der Waals surface area contributed by atoms with Crippen molar-refractivity contribution >= 4 is 17.3 Å². The number of hydrogen-bond donors (Lipinski definition) is 1. The van der Waals surface area contributed by atoms with Crippen LogP contribution in [0.4, 0.5) is 24.5 Å². The van der Waals surface area contributed by atoms with E-state index in [0.717, 1.165) is 35.5 Å². The minimum absolute atomic E-state index is 0.0466. The number of rotatable bonds is 4. The summed E-state index contributed by atoms with van der Waals surface area (Å²) in [5.74, 6) is -0.270. The molecule has 3 heterocycles.